The average molecular weight is 531 g/mol. The van der Waals surface area contributed by atoms with Gasteiger partial charge in [-0.1, -0.05) is 0 Å². The summed E-state index contributed by atoms with van der Waals surface area (Å²) in [5, 5.41) is 5.98. The Kier molecular flexibility index (Phi) is 7.95. The van der Waals surface area contributed by atoms with Crippen LogP contribution in [0.1, 0.15) is 11.1 Å². The Balaban J connectivity index is 1.54. The van der Waals surface area contributed by atoms with Crippen molar-refractivity contribution in [3.63, 3.8) is 0 Å². The highest BCUT2D eigenvalue weighted by molar-refractivity contribution is 6.26. The topological polar surface area (TPSA) is 125 Å². The number of hydrogen-bond acceptors (Lipinski definition) is 7. The quantitative estimate of drug-likeness (QED) is 0.162. The van der Waals surface area contributed by atoms with Crippen LogP contribution in [0, 0.1) is 19.7 Å². The summed E-state index contributed by atoms with van der Waals surface area (Å²) in [7, 11) is 3.11. The summed E-state index contributed by atoms with van der Waals surface area (Å²) in [5.41, 5.74) is 8.25. The highest BCUT2D eigenvalue weighted by atomic mass is 19.1. The predicted octanol–water partition coefficient (Wildman–Crippen LogP) is 5.22. The van der Waals surface area contributed by atoms with Gasteiger partial charge in [0.25, 0.3) is 11.8 Å². The number of halogens is 1. The van der Waals surface area contributed by atoms with Crippen LogP contribution < -0.4 is 30.6 Å². The number of carbonyl (C=O) groups is 2. The van der Waals surface area contributed by atoms with Crippen molar-refractivity contribution >= 4 is 34.1 Å². The number of ether oxygens (including phenoxy) is 3. The fraction of sp³-hybridized carbons (Fsp3) is 0.138. The maximum atomic E-state index is 13.1. The second kappa shape index (κ2) is 11.5. The first kappa shape index (κ1) is 26.9. The lowest BCUT2D eigenvalue weighted by molar-refractivity contribution is -0.118. The summed E-state index contributed by atoms with van der Waals surface area (Å²) >= 11 is 0. The summed E-state index contributed by atoms with van der Waals surface area (Å²) < 4.78 is 30.2. The summed E-state index contributed by atoms with van der Waals surface area (Å²) in [5.74, 6) is 0.347. The molecule has 0 atom stereocenters. The van der Waals surface area contributed by atoms with Crippen molar-refractivity contribution in [2.45, 2.75) is 13.8 Å². The zero-order valence-electron chi connectivity index (χ0n) is 21.8. The molecule has 9 nitrogen and oxygen atoms in total. The number of benzene rings is 3. The van der Waals surface area contributed by atoms with E-state index in [-0.39, 0.29) is 5.57 Å². The van der Waals surface area contributed by atoms with Gasteiger partial charge in [-0.15, -0.1) is 0 Å². The number of nitrogens with two attached hydrogens (primary N) is 1. The molecular weight excluding hydrogens is 503 g/mol. The van der Waals surface area contributed by atoms with Crippen LogP contribution in [0.25, 0.3) is 10.9 Å². The van der Waals surface area contributed by atoms with E-state index in [1.165, 1.54) is 24.3 Å². The predicted molar refractivity (Wildman–Crippen MR) is 147 cm³/mol. The van der Waals surface area contributed by atoms with Gasteiger partial charge in [0.2, 0.25) is 0 Å². The molecule has 0 aliphatic rings. The number of aromatic nitrogens is 1. The fourth-order valence-corrected chi connectivity index (χ4v) is 3.87. The van der Waals surface area contributed by atoms with E-state index in [4.69, 9.17) is 19.9 Å². The SMILES string of the molecule is COc1cc2nccc(Oc3ccc(NC(=O)/C(=C/N)C(=O)Nc4ccc(F)cc4)c(C)c3C)c2cc1OC. The minimum atomic E-state index is -0.729. The van der Waals surface area contributed by atoms with E-state index in [9.17, 15) is 14.0 Å². The van der Waals surface area contributed by atoms with E-state index >= 15 is 0 Å². The third-order valence-electron chi connectivity index (χ3n) is 6.17. The first-order valence-corrected chi connectivity index (χ1v) is 11.8. The summed E-state index contributed by atoms with van der Waals surface area (Å²) in [6.07, 6.45) is 2.56. The molecule has 0 bridgehead atoms. The minimum absolute atomic E-state index is 0.302. The second-order valence-electron chi connectivity index (χ2n) is 8.49. The zero-order valence-corrected chi connectivity index (χ0v) is 21.8. The van der Waals surface area contributed by atoms with E-state index in [1.54, 1.807) is 50.7 Å². The Hall–Kier alpha value is -5.12. The van der Waals surface area contributed by atoms with Crippen molar-refractivity contribution in [2.75, 3.05) is 24.9 Å². The third-order valence-corrected chi connectivity index (χ3v) is 6.17. The average Bonchev–Trinajstić information content (AvgIpc) is 2.93. The number of hydrogen-bond donors (Lipinski definition) is 3. The van der Waals surface area contributed by atoms with Gasteiger partial charge in [-0.25, -0.2) is 4.39 Å². The monoisotopic (exact) mass is 530 g/mol. The Labute approximate surface area is 224 Å². The first-order valence-electron chi connectivity index (χ1n) is 11.8. The van der Waals surface area contributed by atoms with Crippen LogP contribution in [0.2, 0.25) is 0 Å². The molecule has 0 spiro atoms. The molecule has 0 saturated heterocycles. The highest BCUT2D eigenvalue weighted by Gasteiger charge is 2.20. The number of fused-ring (bicyclic) bond motifs is 1. The van der Waals surface area contributed by atoms with Crippen LogP contribution in [0.5, 0.6) is 23.0 Å². The number of carbonyl (C=O) groups excluding carboxylic acids is 2. The van der Waals surface area contributed by atoms with E-state index in [2.05, 4.69) is 15.6 Å². The molecule has 0 unspecified atom stereocenters. The van der Waals surface area contributed by atoms with Crippen molar-refractivity contribution in [3.05, 3.63) is 89.5 Å². The van der Waals surface area contributed by atoms with Crippen LogP contribution in [0.15, 0.2) is 72.6 Å². The number of pyridine rings is 1. The number of nitrogens with one attached hydrogen (secondary N) is 2. The van der Waals surface area contributed by atoms with Gasteiger partial charge in [0, 0.05) is 35.2 Å². The van der Waals surface area contributed by atoms with E-state index in [0.717, 1.165) is 22.7 Å². The molecule has 2 amide bonds. The Morgan fingerprint density at radius 2 is 1.51 bits per heavy atom. The Morgan fingerprint density at radius 3 is 2.18 bits per heavy atom. The molecule has 4 rings (SSSR count). The minimum Gasteiger partial charge on any atom is -0.493 e. The molecule has 1 aromatic heterocycles. The maximum Gasteiger partial charge on any atom is 0.262 e. The van der Waals surface area contributed by atoms with Gasteiger partial charge in [-0.3, -0.25) is 14.6 Å². The Morgan fingerprint density at radius 1 is 0.846 bits per heavy atom. The fourth-order valence-electron chi connectivity index (χ4n) is 3.87. The largest absolute Gasteiger partial charge is 0.493 e. The highest BCUT2D eigenvalue weighted by Crippen LogP contribution is 2.38. The van der Waals surface area contributed by atoms with E-state index < -0.39 is 17.6 Å². The van der Waals surface area contributed by atoms with Gasteiger partial charge < -0.3 is 30.6 Å². The lowest BCUT2D eigenvalue weighted by Crippen LogP contribution is -2.26. The molecule has 4 N–H and O–H groups in total. The number of rotatable bonds is 8. The van der Waals surface area contributed by atoms with Crippen molar-refractivity contribution in [1.29, 1.82) is 0 Å². The summed E-state index contributed by atoms with van der Waals surface area (Å²) in [4.78, 5) is 29.9. The van der Waals surface area contributed by atoms with Crippen molar-refractivity contribution in [2.24, 2.45) is 5.73 Å². The molecule has 4 aromatic rings. The van der Waals surface area contributed by atoms with Gasteiger partial charge in [0.15, 0.2) is 11.5 Å². The second-order valence-corrected chi connectivity index (χ2v) is 8.49. The summed E-state index contributed by atoms with van der Waals surface area (Å²) in [6, 6.07) is 13.9. The molecule has 1 heterocycles. The number of anilines is 2. The molecule has 0 radical (unpaired) electrons. The Bertz CT molecular complexity index is 1590. The molecule has 3 aromatic carbocycles. The van der Waals surface area contributed by atoms with Crippen molar-refractivity contribution in [1.82, 2.24) is 4.98 Å². The molecule has 0 aliphatic heterocycles. The van der Waals surface area contributed by atoms with Gasteiger partial charge in [0.1, 0.15) is 22.9 Å². The van der Waals surface area contributed by atoms with Crippen LogP contribution in [-0.4, -0.2) is 31.0 Å². The molecule has 0 fully saturated rings. The molecule has 10 heteroatoms. The van der Waals surface area contributed by atoms with Crippen molar-refractivity contribution < 1.29 is 28.2 Å². The summed E-state index contributed by atoms with van der Waals surface area (Å²) in [6.45, 7) is 3.68. The number of nitrogens with zero attached hydrogens (tertiary/aromatic N) is 1. The molecule has 200 valence electrons. The first-order chi connectivity index (χ1) is 18.7. The van der Waals surface area contributed by atoms with Gasteiger partial charge >= 0.3 is 0 Å². The van der Waals surface area contributed by atoms with Crippen LogP contribution in [0.3, 0.4) is 0 Å². The number of methoxy groups -OCH3 is 2. The zero-order chi connectivity index (χ0) is 28.1. The normalized spacial score (nSPS) is 11.2. The lowest BCUT2D eigenvalue weighted by Gasteiger charge is -2.17. The van der Waals surface area contributed by atoms with E-state index in [0.29, 0.717) is 39.9 Å². The van der Waals surface area contributed by atoms with Crippen molar-refractivity contribution in [3.8, 4) is 23.0 Å². The van der Waals surface area contributed by atoms with Gasteiger partial charge in [0.05, 0.1) is 19.7 Å². The number of amides is 2. The van der Waals surface area contributed by atoms with Crippen LogP contribution in [-0.2, 0) is 9.59 Å². The smallest absolute Gasteiger partial charge is 0.262 e. The van der Waals surface area contributed by atoms with Gasteiger partial charge in [-0.2, -0.15) is 0 Å². The van der Waals surface area contributed by atoms with Crippen LogP contribution in [0.4, 0.5) is 15.8 Å². The van der Waals surface area contributed by atoms with Gasteiger partial charge in [-0.05, 0) is 73.5 Å². The van der Waals surface area contributed by atoms with E-state index in [1.807, 2.05) is 13.8 Å². The standard InChI is InChI=1S/C29H27FN4O5/c1-16-17(2)24(39-25-11-12-32-23-14-27(38-4)26(37-3)13-20(23)25)10-9-22(16)34-29(36)21(15-31)28(35)33-19-7-5-18(30)6-8-19/h5-15H,31H2,1-4H3,(H,33,35)(H,34,36)/b21-15+. The maximum absolute atomic E-state index is 13.1. The molecule has 0 aliphatic carbocycles. The lowest BCUT2D eigenvalue weighted by atomic mass is 10.1. The van der Waals surface area contributed by atoms with Crippen LogP contribution >= 0.6 is 0 Å². The molecule has 0 saturated carbocycles. The molecular formula is C29H27FN4O5. The molecule has 39 heavy (non-hydrogen) atoms. The third kappa shape index (κ3) is 5.74.